The lowest BCUT2D eigenvalue weighted by Crippen LogP contribution is -2.25. The van der Waals surface area contributed by atoms with E-state index in [4.69, 9.17) is 11.1 Å². The van der Waals surface area contributed by atoms with Crippen molar-refractivity contribution in [2.75, 3.05) is 0 Å². The van der Waals surface area contributed by atoms with E-state index in [1.165, 1.54) is 3.57 Å². The number of nitrogens with two attached hydrogens (primary N) is 1. The molecule has 0 bridgehead atoms. The first-order valence-electron chi connectivity index (χ1n) is 3.57. The van der Waals surface area contributed by atoms with E-state index in [-0.39, 0.29) is 5.96 Å². The van der Waals surface area contributed by atoms with Crippen LogP contribution in [0.15, 0.2) is 29.4 Å². The highest BCUT2D eigenvalue weighted by Gasteiger charge is 1.87. The Bertz CT molecular complexity index is 317. The van der Waals surface area contributed by atoms with E-state index in [1.54, 1.807) is 6.21 Å². The van der Waals surface area contributed by atoms with E-state index in [0.29, 0.717) is 0 Å². The van der Waals surface area contributed by atoms with Gasteiger partial charge < -0.3 is 5.73 Å². The molecule has 4 nitrogen and oxygen atoms in total. The van der Waals surface area contributed by atoms with Crippen LogP contribution in [0.2, 0.25) is 0 Å². The molecule has 0 spiro atoms. The Morgan fingerprint density at radius 2 is 2.08 bits per heavy atom. The zero-order valence-electron chi connectivity index (χ0n) is 6.79. The molecule has 0 saturated heterocycles. The number of halogens is 1. The maximum absolute atomic E-state index is 6.85. The van der Waals surface area contributed by atoms with Crippen molar-refractivity contribution in [3.8, 4) is 0 Å². The van der Waals surface area contributed by atoms with Crippen molar-refractivity contribution in [1.29, 1.82) is 5.41 Å². The van der Waals surface area contributed by atoms with E-state index in [2.05, 4.69) is 33.1 Å². The molecule has 1 aromatic carbocycles. The van der Waals surface area contributed by atoms with E-state index in [9.17, 15) is 0 Å². The third-order valence-electron chi connectivity index (χ3n) is 1.27. The minimum Gasteiger partial charge on any atom is -0.369 e. The average Bonchev–Trinajstić information content (AvgIpc) is 2.08. The summed E-state index contributed by atoms with van der Waals surface area (Å²) >= 11 is 2.23. The smallest absolute Gasteiger partial charge is 0.206 e. The first kappa shape index (κ1) is 9.97. The summed E-state index contributed by atoms with van der Waals surface area (Å²) in [4.78, 5) is 0. The molecule has 0 atom stereocenters. The van der Waals surface area contributed by atoms with E-state index in [0.717, 1.165) is 5.56 Å². The van der Waals surface area contributed by atoms with Gasteiger partial charge in [-0.05, 0) is 40.3 Å². The van der Waals surface area contributed by atoms with Crippen molar-refractivity contribution in [3.63, 3.8) is 0 Å². The minimum atomic E-state index is -0.165. The van der Waals surface area contributed by atoms with Crippen LogP contribution in [0.25, 0.3) is 0 Å². The second-order valence-electron chi connectivity index (χ2n) is 2.34. The molecule has 4 N–H and O–H groups in total. The summed E-state index contributed by atoms with van der Waals surface area (Å²) in [6.45, 7) is 0. The van der Waals surface area contributed by atoms with Gasteiger partial charge in [0.1, 0.15) is 0 Å². The molecule has 0 aliphatic rings. The second-order valence-corrected chi connectivity index (χ2v) is 3.58. The Morgan fingerprint density at radius 3 is 2.62 bits per heavy atom. The summed E-state index contributed by atoms with van der Waals surface area (Å²) in [5, 5.41) is 10.6. The topological polar surface area (TPSA) is 74.3 Å². The fourth-order valence-electron chi connectivity index (χ4n) is 0.725. The number of guanidine groups is 1. The number of hydrazone groups is 1. The van der Waals surface area contributed by atoms with Crippen molar-refractivity contribution < 1.29 is 0 Å². The average molecular weight is 288 g/mol. The fourth-order valence-corrected chi connectivity index (χ4v) is 1.08. The van der Waals surface area contributed by atoms with Gasteiger partial charge in [0.25, 0.3) is 0 Å². The Kier molecular flexibility index (Phi) is 3.69. The Labute approximate surface area is 89.9 Å². The van der Waals surface area contributed by atoms with Crippen molar-refractivity contribution in [2.45, 2.75) is 0 Å². The summed E-state index contributed by atoms with van der Waals surface area (Å²) in [7, 11) is 0. The molecule has 0 fully saturated rings. The molecule has 0 aliphatic carbocycles. The molecule has 1 rings (SSSR count). The molecule has 0 aromatic heterocycles. The highest BCUT2D eigenvalue weighted by atomic mass is 127. The van der Waals surface area contributed by atoms with Gasteiger partial charge in [0.05, 0.1) is 6.21 Å². The van der Waals surface area contributed by atoms with Crippen LogP contribution < -0.4 is 11.2 Å². The van der Waals surface area contributed by atoms with Crippen LogP contribution in [0.4, 0.5) is 0 Å². The standard InChI is InChI=1S/C8H9IN4/c9-7-3-1-6(2-4-7)5-12-13-8(10)11/h1-5H,(H4,10,11,13)/b12-5+. The molecule has 1 aromatic rings. The van der Waals surface area contributed by atoms with Crippen LogP contribution in [-0.4, -0.2) is 12.2 Å². The molecular formula is C8H9IN4. The van der Waals surface area contributed by atoms with E-state index in [1.807, 2.05) is 24.3 Å². The second kappa shape index (κ2) is 4.80. The molecule has 0 saturated carbocycles. The summed E-state index contributed by atoms with van der Waals surface area (Å²) in [6, 6.07) is 7.84. The minimum absolute atomic E-state index is 0.165. The Balaban J connectivity index is 2.59. The summed E-state index contributed by atoms with van der Waals surface area (Å²) in [5.74, 6) is -0.165. The highest BCUT2D eigenvalue weighted by Crippen LogP contribution is 2.04. The van der Waals surface area contributed by atoms with Crippen LogP contribution in [0.3, 0.4) is 0 Å². The summed E-state index contributed by atoms with van der Waals surface area (Å²) in [6.07, 6.45) is 1.61. The van der Waals surface area contributed by atoms with Crippen LogP contribution in [0, 0.1) is 8.98 Å². The predicted molar refractivity (Wildman–Crippen MR) is 61.8 cm³/mol. The number of hydrogen-bond acceptors (Lipinski definition) is 2. The zero-order chi connectivity index (χ0) is 9.68. The lowest BCUT2D eigenvalue weighted by Gasteiger charge is -1.94. The van der Waals surface area contributed by atoms with Crippen LogP contribution >= 0.6 is 22.6 Å². The third kappa shape index (κ3) is 3.88. The fraction of sp³-hybridized carbons (Fsp3) is 0. The molecule has 0 unspecified atom stereocenters. The highest BCUT2D eigenvalue weighted by molar-refractivity contribution is 14.1. The Hall–Kier alpha value is -1.11. The van der Waals surface area contributed by atoms with E-state index >= 15 is 0 Å². The largest absolute Gasteiger partial charge is 0.369 e. The maximum Gasteiger partial charge on any atom is 0.206 e. The van der Waals surface area contributed by atoms with Crippen molar-refractivity contribution in [3.05, 3.63) is 33.4 Å². The molecule has 0 radical (unpaired) electrons. The number of nitrogens with zero attached hydrogens (tertiary/aromatic N) is 1. The number of hydrogen-bond donors (Lipinski definition) is 3. The molecule has 0 aliphatic heterocycles. The predicted octanol–water partition coefficient (Wildman–Crippen LogP) is 1.11. The summed E-state index contributed by atoms with van der Waals surface area (Å²) in [5.41, 5.74) is 8.34. The quantitative estimate of drug-likeness (QED) is 0.330. The molecule has 0 amide bonds. The van der Waals surface area contributed by atoms with Crippen molar-refractivity contribution >= 4 is 34.8 Å². The monoisotopic (exact) mass is 288 g/mol. The lowest BCUT2D eigenvalue weighted by atomic mass is 10.2. The van der Waals surface area contributed by atoms with Gasteiger partial charge in [0, 0.05) is 3.57 Å². The van der Waals surface area contributed by atoms with Gasteiger partial charge in [-0.15, -0.1) is 0 Å². The molecule has 5 heteroatoms. The third-order valence-corrected chi connectivity index (χ3v) is 1.99. The number of benzene rings is 1. The van der Waals surface area contributed by atoms with Gasteiger partial charge in [-0.3, -0.25) is 5.41 Å². The molecular weight excluding hydrogens is 279 g/mol. The van der Waals surface area contributed by atoms with Crippen molar-refractivity contribution in [1.82, 2.24) is 5.43 Å². The number of nitrogens with one attached hydrogen (secondary N) is 2. The zero-order valence-corrected chi connectivity index (χ0v) is 8.95. The van der Waals surface area contributed by atoms with Crippen LogP contribution in [-0.2, 0) is 0 Å². The van der Waals surface area contributed by atoms with Gasteiger partial charge >= 0.3 is 0 Å². The maximum atomic E-state index is 6.85. The normalized spacial score (nSPS) is 10.2. The van der Waals surface area contributed by atoms with Gasteiger partial charge in [-0.2, -0.15) is 5.10 Å². The lowest BCUT2D eigenvalue weighted by molar-refractivity contribution is 1.00. The van der Waals surface area contributed by atoms with Gasteiger partial charge in [-0.1, -0.05) is 12.1 Å². The Morgan fingerprint density at radius 1 is 1.46 bits per heavy atom. The molecule has 13 heavy (non-hydrogen) atoms. The van der Waals surface area contributed by atoms with Crippen LogP contribution in [0.1, 0.15) is 5.56 Å². The van der Waals surface area contributed by atoms with Gasteiger partial charge in [-0.25, -0.2) is 5.43 Å². The van der Waals surface area contributed by atoms with Gasteiger partial charge in [0.2, 0.25) is 5.96 Å². The molecule has 68 valence electrons. The summed E-state index contributed by atoms with van der Waals surface area (Å²) < 4.78 is 1.18. The SMILES string of the molecule is N=C(N)N/N=C/c1ccc(I)cc1. The number of rotatable bonds is 2. The van der Waals surface area contributed by atoms with E-state index < -0.39 is 0 Å². The van der Waals surface area contributed by atoms with Crippen LogP contribution in [0.5, 0.6) is 0 Å². The first-order chi connectivity index (χ1) is 6.18. The molecule has 0 heterocycles. The van der Waals surface area contributed by atoms with Crippen molar-refractivity contribution in [2.24, 2.45) is 10.8 Å². The first-order valence-corrected chi connectivity index (χ1v) is 4.65. The van der Waals surface area contributed by atoms with Gasteiger partial charge in [0.15, 0.2) is 0 Å².